The van der Waals surface area contributed by atoms with Crippen molar-refractivity contribution < 1.29 is 14.3 Å². The molecule has 2 aliphatic heterocycles. The highest BCUT2D eigenvalue weighted by Crippen LogP contribution is 2.44. The first-order chi connectivity index (χ1) is 10.7. The molecule has 0 aliphatic carbocycles. The number of carbonyl (C=O) groups excluding carboxylic acids is 1. The van der Waals surface area contributed by atoms with E-state index in [9.17, 15) is 4.79 Å². The summed E-state index contributed by atoms with van der Waals surface area (Å²) >= 11 is 0. The van der Waals surface area contributed by atoms with Gasteiger partial charge in [0, 0.05) is 12.1 Å². The fourth-order valence-corrected chi connectivity index (χ4v) is 2.97. The minimum absolute atomic E-state index is 0.0442. The van der Waals surface area contributed by atoms with E-state index >= 15 is 0 Å². The second-order valence-electron chi connectivity index (χ2n) is 5.43. The van der Waals surface area contributed by atoms with Crippen LogP contribution in [0.4, 0.5) is 11.4 Å². The van der Waals surface area contributed by atoms with Gasteiger partial charge in [0.25, 0.3) is 0 Å². The van der Waals surface area contributed by atoms with Gasteiger partial charge in [0.15, 0.2) is 11.5 Å². The van der Waals surface area contributed by atoms with E-state index in [1.165, 1.54) is 0 Å². The lowest BCUT2D eigenvalue weighted by atomic mass is 10.0. The molecule has 2 heterocycles. The van der Waals surface area contributed by atoms with Crippen LogP contribution in [0.2, 0.25) is 0 Å². The van der Waals surface area contributed by atoms with Crippen LogP contribution in [0.25, 0.3) is 0 Å². The van der Waals surface area contributed by atoms with Gasteiger partial charge in [-0.1, -0.05) is 30.3 Å². The highest BCUT2D eigenvalue weighted by atomic mass is 16.7. The molecule has 112 valence electrons. The summed E-state index contributed by atoms with van der Waals surface area (Å²) in [6.45, 7) is 2.54. The summed E-state index contributed by atoms with van der Waals surface area (Å²) in [6, 6.07) is 13.7. The maximum absolute atomic E-state index is 12.5. The van der Waals surface area contributed by atoms with E-state index in [1.807, 2.05) is 54.3 Å². The van der Waals surface area contributed by atoms with Gasteiger partial charge in [0.2, 0.25) is 12.7 Å². The Balaban J connectivity index is 1.79. The number of ether oxygens (including phenoxy) is 2. The molecule has 2 aliphatic rings. The van der Waals surface area contributed by atoms with Crippen molar-refractivity contribution in [2.75, 3.05) is 23.6 Å². The van der Waals surface area contributed by atoms with Crippen molar-refractivity contribution in [2.24, 2.45) is 0 Å². The van der Waals surface area contributed by atoms with Crippen molar-refractivity contribution in [1.82, 2.24) is 0 Å². The molecule has 0 fully saturated rings. The second kappa shape index (κ2) is 4.94. The predicted octanol–water partition coefficient (Wildman–Crippen LogP) is 2.94. The maximum atomic E-state index is 12.5. The summed E-state index contributed by atoms with van der Waals surface area (Å²) in [6.07, 6.45) is 0. The third-order valence-electron chi connectivity index (χ3n) is 4.12. The molecule has 0 spiro atoms. The Morgan fingerprint density at radius 2 is 1.86 bits per heavy atom. The van der Waals surface area contributed by atoms with Gasteiger partial charge in [0.05, 0.1) is 24.0 Å². The van der Waals surface area contributed by atoms with E-state index in [0.717, 1.165) is 16.9 Å². The minimum Gasteiger partial charge on any atom is -0.454 e. The van der Waals surface area contributed by atoms with E-state index in [0.29, 0.717) is 11.5 Å². The molecule has 1 unspecified atom stereocenters. The molecule has 1 atom stereocenters. The lowest BCUT2D eigenvalue weighted by molar-refractivity contribution is -0.117. The smallest absolute Gasteiger partial charge is 0.246 e. The third kappa shape index (κ3) is 1.97. The number of nitrogens with one attached hydrogen (secondary N) is 1. The number of rotatable bonds is 2. The zero-order valence-corrected chi connectivity index (χ0v) is 12.2. The van der Waals surface area contributed by atoms with Gasteiger partial charge in [0.1, 0.15) is 0 Å². The lowest BCUT2D eigenvalue weighted by Gasteiger charge is -2.35. The van der Waals surface area contributed by atoms with Crippen molar-refractivity contribution in [3.8, 4) is 11.5 Å². The number of fused-ring (bicyclic) bond motifs is 2. The topological polar surface area (TPSA) is 50.8 Å². The summed E-state index contributed by atoms with van der Waals surface area (Å²) in [5, 5.41) is 3.15. The Labute approximate surface area is 128 Å². The van der Waals surface area contributed by atoms with Gasteiger partial charge in [-0.2, -0.15) is 0 Å². The number of carbonyl (C=O) groups is 1. The van der Waals surface area contributed by atoms with Crippen LogP contribution in [0, 0.1) is 0 Å². The maximum Gasteiger partial charge on any atom is 0.246 e. The quantitative estimate of drug-likeness (QED) is 0.925. The monoisotopic (exact) mass is 296 g/mol. The number of hydrogen-bond acceptors (Lipinski definition) is 4. The van der Waals surface area contributed by atoms with Crippen LogP contribution in [0.1, 0.15) is 18.5 Å². The first-order valence-electron chi connectivity index (χ1n) is 7.28. The molecular formula is C17H16N2O3. The molecule has 0 saturated carbocycles. The van der Waals surface area contributed by atoms with Gasteiger partial charge in [-0.15, -0.1) is 0 Å². The van der Waals surface area contributed by atoms with E-state index < -0.39 is 0 Å². The highest BCUT2D eigenvalue weighted by Gasteiger charge is 2.31. The highest BCUT2D eigenvalue weighted by molar-refractivity contribution is 6.03. The average molecular weight is 296 g/mol. The Bertz CT molecular complexity index is 730. The van der Waals surface area contributed by atoms with E-state index in [1.54, 1.807) is 0 Å². The number of amides is 1. The van der Waals surface area contributed by atoms with E-state index in [2.05, 4.69) is 5.32 Å². The summed E-state index contributed by atoms with van der Waals surface area (Å²) in [4.78, 5) is 14.3. The zero-order valence-electron chi connectivity index (χ0n) is 12.2. The molecule has 0 bridgehead atoms. The predicted molar refractivity (Wildman–Crippen MR) is 83.4 cm³/mol. The minimum atomic E-state index is -0.0464. The Hall–Kier alpha value is -2.69. The van der Waals surface area contributed by atoms with Crippen molar-refractivity contribution in [1.29, 1.82) is 0 Å². The van der Waals surface area contributed by atoms with Crippen LogP contribution in [0.5, 0.6) is 11.5 Å². The number of anilines is 2. The van der Waals surface area contributed by atoms with Crippen LogP contribution in [0.15, 0.2) is 42.5 Å². The van der Waals surface area contributed by atoms with E-state index in [-0.39, 0.29) is 25.3 Å². The number of hydrogen-bond donors (Lipinski definition) is 1. The van der Waals surface area contributed by atoms with Crippen molar-refractivity contribution in [2.45, 2.75) is 13.0 Å². The molecule has 0 aromatic heterocycles. The first kappa shape index (κ1) is 13.0. The number of nitrogens with zero attached hydrogens (tertiary/aromatic N) is 1. The standard InChI is InChI=1S/C17H16N2O3/c1-11(12-5-3-2-4-6-12)19-14-8-16-15(21-10-22-16)7-13(14)18-9-17(19)20/h2-8,11,18H,9-10H2,1H3. The molecule has 1 amide bonds. The van der Waals surface area contributed by atoms with Gasteiger partial charge < -0.3 is 19.7 Å². The summed E-state index contributed by atoms with van der Waals surface area (Å²) < 4.78 is 10.9. The van der Waals surface area contributed by atoms with Crippen LogP contribution in [0.3, 0.4) is 0 Å². The molecule has 0 radical (unpaired) electrons. The summed E-state index contributed by atoms with van der Waals surface area (Å²) in [5.41, 5.74) is 2.82. The van der Waals surface area contributed by atoms with Crippen molar-refractivity contribution >= 4 is 17.3 Å². The second-order valence-corrected chi connectivity index (χ2v) is 5.43. The van der Waals surface area contributed by atoms with Gasteiger partial charge in [-0.25, -0.2) is 0 Å². The molecule has 2 aromatic carbocycles. The first-order valence-corrected chi connectivity index (χ1v) is 7.28. The van der Waals surface area contributed by atoms with Crippen LogP contribution >= 0.6 is 0 Å². The Kier molecular flexibility index (Phi) is 2.92. The molecule has 0 saturated heterocycles. The van der Waals surface area contributed by atoms with Crippen molar-refractivity contribution in [3.05, 3.63) is 48.0 Å². The Morgan fingerprint density at radius 1 is 1.14 bits per heavy atom. The third-order valence-corrected chi connectivity index (χ3v) is 4.12. The molecular weight excluding hydrogens is 280 g/mol. The summed E-state index contributed by atoms with van der Waals surface area (Å²) in [7, 11) is 0. The van der Waals surface area contributed by atoms with Gasteiger partial charge in [-0.3, -0.25) is 4.79 Å². The van der Waals surface area contributed by atoms with Gasteiger partial charge in [-0.05, 0) is 12.5 Å². The fraction of sp³-hybridized carbons (Fsp3) is 0.235. The number of benzene rings is 2. The SMILES string of the molecule is CC(c1ccccc1)N1C(=O)CNc2cc3c(cc21)OCO3. The fourth-order valence-electron chi connectivity index (χ4n) is 2.97. The molecule has 4 rings (SSSR count). The molecule has 5 heteroatoms. The average Bonchev–Trinajstić information content (AvgIpc) is 3.00. The van der Waals surface area contributed by atoms with Crippen LogP contribution < -0.4 is 19.7 Å². The van der Waals surface area contributed by atoms with Crippen LogP contribution in [-0.4, -0.2) is 19.2 Å². The lowest BCUT2D eigenvalue weighted by Crippen LogP contribution is -2.41. The summed E-state index contributed by atoms with van der Waals surface area (Å²) in [5.74, 6) is 1.44. The molecule has 2 aromatic rings. The zero-order chi connectivity index (χ0) is 15.1. The van der Waals surface area contributed by atoms with Crippen LogP contribution in [-0.2, 0) is 4.79 Å². The Morgan fingerprint density at radius 3 is 2.64 bits per heavy atom. The van der Waals surface area contributed by atoms with E-state index in [4.69, 9.17) is 9.47 Å². The molecule has 22 heavy (non-hydrogen) atoms. The molecule has 1 N–H and O–H groups in total. The molecule has 5 nitrogen and oxygen atoms in total. The normalized spacial score (nSPS) is 17.0. The van der Waals surface area contributed by atoms with Gasteiger partial charge >= 0.3 is 0 Å². The van der Waals surface area contributed by atoms with Crippen molar-refractivity contribution in [3.63, 3.8) is 0 Å². The largest absolute Gasteiger partial charge is 0.454 e.